The van der Waals surface area contributed by atoms with Gasteiger partial charge in [-0.05, 0) is 38.4 Å². The highest BCUT2D eigenvalue weighted by molar-refractivity contribution is 5.22. The molecular weight excluding hydrogens is 212 g/mol. The van der Waals surface area contributed by atoms with E-state index >= 15 is 0 Å². The third-order valence-corrected chi connectivity index (χ3v) is 2.47. The molecular formula is C12H17F2NO. The number of halogens is 2. The summed E-state index contributed by atoms with van der Waals surface area (Å²) in [4.78, 5) is 0. The molecule has 1 rings (SSSR count). The van der Waals surface area contributed by atoms with Crippen molar-refractivity contribution in [3.05, 3.63) is 35.4 Å². The number of aliphatic hydroxyl groups excluding tert-OH is 1. The lowest BCUT2D eigenvalue weighted by Gasteiger charge is -2.15. The first-order valence-corrected chi connectivity index (χ1v) is 5.45. The van der Waals surface area contributed by atoms with E-state index in [9.17, 15) is 8.78 Å². The van der Waals surface area contributed by atoms with Crippen molar-refractivity contribution in [1.29, 1.82) is 0 Å². The maximum atomic E-state index is 13.4. The van der Waals surface area contributed by atoms with Crippen LogP contribution in [0.1, 0.15) is 31.4 Å². The first-order valence-electron chi connectivity index (χ1n) is 5.45. The van der Waals surface area contributed by atoms with Crippen LogP contribution in [0.3, 0.4) is 0 Å². The van der Waals surface area contributed by atoms with E-state index < -0.39 is 11.6 Å². The molecule has 16 heavy (non-hydrogen) atoms. The molecule has 1 atom stereocenters. The van der Waals surface area contributed by atoms with E-state index in [4.69, 9.17) is 5.11 Å². The minimum Gasteiger partial charge on any atom is -0.396 e. The third-order valence-electron chi connectivity index (χ3n) is 2.47. The molecule has 0 saturated heterocycles. The zero-order valence-corrected chi connectivity index (χ0v) is 9.34. The van der Waals surface area contributed by atoms with Gasteiger partial charge in [0, 0.05) is 18.2 Å². The summed E-state index contributed by atoms with van der Waals surface area (Å²) in [6.07, 6.45) is 1.48. The molecule has 0 amide bonds. The molecule has 1 unspecified atom stereocenters. The monoisotopic (exact) mass is 229 g/mol. The Morgan fingerprint density at radius 2 is 1.88 bits per heavy atom. The molecule has 0 radical (unpaired) electrons. The van der Waals surface area contributed by atoms with Crippen LogP contribution in [-0.4, -0.2) is 18.3 Å². The van der Waals surface area contributed by atoms with Crippen LogP contribution in [0.4, 0.5) is 8.78 Å². The van der Waals surface area contributed by atoms with E-state index in [-0.39, 0.29) is 18.2 Å². The Hall–Kier alpha value is -1.00. The maximum Gasteiger partial charge on any atom is 0.130 e. The van der Waals surface area contributed by atoms with Crippen LogP contribution in [0.15, 0.2) is 18.2 Å². The molecule has 4 heteroatoms. The van der Waals surface area contributed by atoms with E-state index in [0.717, 1.165) is 6.42 Å². The van der Waals surface area contributed by atoms with Gasteiger partial charge in [-0.3, -0.25) is 0 Å². The highest BCUT2D eigenvalue weighted by atomic mass is 19.1. The van der Waals surface area contributed by atoms with Crippen molar-refractivity contribution in [3.63, 3.8) is 0 Å². The quantitative estimate of drug-likeness (QED) is 0.734. The number of benzene rings is 1. The van der Waals surface area contributed by atoms with E-state index in [0.29, 0.717) is 13.0 Å². The van der Waals surface area contributed by atoms with Crippen molar-refractivity contribution in [2.45, 2.75) is 25.8 Å². The minimum atomic E-state index is -0.526. The van der Waals surface area contributed by atoms with Crippen LogP contribution in [-0.2, 0) is 0 Å². The van der Waals surface area contributed by atoms with Crippen LogP contribution >= 0.6 is 0 Å². The number of rotatable bonds is 6. The zero-order valence-electron chi connectivity index (χ0n) is 9.34. The van der Waals surface area contributed by atoms with Crippen LogP contribution in [0.2, 0.25) is 0 Å². The van der Waals surface area contributed by atoms with Crippen molar-refractivity contribution in [2.24, 2.45) is 0 Å². The van der Waals surface area contributed by atoms with Crippen LogP contribution in [0, 0.1) is 11.6 Å². The molecule has 0 aromatic heterocycles. The highest BCUT2D eigenvalue weighted by Crippen LogP contribution is 2.19. The van der Waals surface area contributed by atoms with E-state index in [1.165, 1.54) is 18.2 Å². The Morgan fingerprint density at radius 1 is 1.25 bits per heavy atom. The minimum absolute atomic E-state index is 0.0755. The smallest absolute Gasteiger partial charge is 0.130 e. The van der Waals surface area contributed by atoms with Crippen LogP contribution in [0.5, 0.6) is 0 Å². The number of hydrogen-bond acceptors (Lipinski definition) is 2. The molecule has 0 aliphatic rings. The summed E-state index contributed by atoms with van der Waals surface area (Å²) >= 11 is 0. The van der Waals surface area contributed by atoms with Gasteiger partial charge in [-0.2, -0.15) is 0 Å². The van der Waals surface area contributed by atoms with E-state index in [2.05, 4.69) is 5.32 Å². The molecule has 1 aromatic rings. The molecule has 0 saturated carbocycles. The number of unbranched alkanes of at least 4 members (excludes halogenated alkanes) is 1. The maximum absolute atomic E-state index is 13.4. The van der Waals surface area contributed by atoms with Crippen molar-refractivity contribution < 1.29 is 13.9 Å². The molecule has 2 N–H and O–H groups in total. The fraction of sp³-hybridized carbons (Fsp3) is 0.500. The lowest BCUT2D eigenvalue weighted by molar-refractivity contribution is 0.282. The first kappa shape index (κ1) is 13.1. The van der Waals surface area contributed by atoms with E-state index in [1.807, 2.05) is 0 Å². The summed E-state index contributed by atoms with van der Waals surface area (Å²) in [5.41, 5.74) is 0.0755. The van der Waals surface area contributed by atoms with Gasteiger partial charge >= 0.3 is 0 Å². The molecule has 0 heterocycles. The second kappa shape index (κ2) is 6.55. The van der Waals surface area contributed by atoms with Gasteiger partial charge in [0.2, 0.25) is 0 Å². The van der Waals surface area contributed by atoms with Gasteiger partial charge < -0.3 is 10.4 Å². The summed E-state index contributed by atoms with van der Waals surface area (Å²) in [5.74, 6) is -1.05. The summed E-state index contributed by atoms with van der Waals surface area (Å²) in [5, 5.41) is 11.6. The average molecular weight is 229 g/mol. The van der Waals surface area contributed by atoms with Crippen molar-refractivity contribution in [1.82, 2.24) is 5.32 Å². The number of hydrogen-bond donors (Lipinski definition) is 2. The van der Waals surface area contributed by atoms with Crippen LogP contribution < -0.4 is 5.32 Å². The second-order valence-electron chi connectivity index (χ2n) is 3.74. The van der Waals surface area contributed by atoms with Gasteiger partial charge in [-0.25, -0.2) is 8.78 Å². The predicted octanol–water partition coefficient (Wildman–Crippen LogP) is 2.39. The molecule has 90 valence electrons. The lowest BCUT2D eigenvalue weighted by atomic mass is 10.1. The first-order chi connectivity index (χ1) is 7.66. The Morgan fingerprint density at radius 3 is 2.44 bits per heavy atom. The standard InChI is InChI=1S/C12H17F2NO/c1-9(15-7-2-3-8-16)12-10(13)5-4-6-11(12)14/h4-6,9,15-16H,2-3,7-8H2,1H3. The Labute approximate surface area is 94.3 Å². The number of aliphatic hydroxyl groups is 1. The SMILES string of the molecule is CC(NCCCCO)c1c(F)cccc1F. The lowest BCUT2D eigenvalue weighted by Crippen LogP contribution is -2.22. The highest BCUT2D eigenvalue weighted by Gasteiger charge is 2.14. The van der Waals surface area contributed by atoms with Crippen LogP contribution in [0.25, 0.3) is 0 Å². The fourth-order valence-electron chi connectivity index (χ4n) is 1.58. The molecule has 2 nitrogen and oxygen atoms in total. The fourth-order valence-corrected chi connectivity index (χ4v) is 1.58. The zero-order chi connectivity index (χ0) is 12.0. The Kier molecular flexibility index (Phi) is 5.35. The topological polar surface area (TPSA) is 32.3 Å². The molecule has 0 spiro atoms. The van der Waals surface area contributed by atoms with Crippen molar-refractivity contribution in [2.75, 3.05) is 13.2 Å². The van der Waals surface area contributed by atoms with Gasteiger partial charge in [0.25, 0.3) is 0 Å². The molecule has 0 aliphatic heterocycles. The van der Waals surface area contributed by atoms with Crippen molar-refractivity contribution >= 4 is 0 Å². The average Bonchev–Trinajstić information content (AvgIpc) is 2.24. The van der Waals surface area contributed by atoms with Gasteiger partial charge in [0.1, 0.15) is 11.6 Å². The Balaban J connectivity index is 2.55. The van der Waals surface area contributed by atoms with Gasteiger partial charge in [0.15, 0.2) is 0 Å². The summed E-state index contributed by atoms with van der Waals surface area (Å²) < 4.78 is 26.7. The van der Waals surface area contributed by atoms with Gasteiger partial charge in [0.05, 0.1) is 0 Å². The van der Waals surface area contributed by atoms with Gasteiger partial charge in [-0.1, -0.05) is 6.07 Å². The molecule has 1 aromatic carbocycles. The van der Waals surface area contributed by atoms with Crippen molar-refractivity contribution in [3.8, 4) is 0 Å². The summed E-state index contributed by atoms with van der Waals surface area (Å²) in [6.45, 7) is 2.50. The molecule has 0 bridgehead atoms. The number of nitrogens with one attached hydrogen (secondary N) is 1. The largest absolute Gasteiger partial charge is 0.396 e. The predicted molar refractivity (Wildman–Crippen MR) is 59.1 cm³/mol. The van der Waals surface area contributed by atoms with E-state index in [1.54, 1.807) is 6.92 Å². The molecule has 0 fully saturated rings. The second-order valence-corrected chi connectivity index (χ2v) is 3.74. The normalized spacial score (nSPS) is 12.8. The Bertz CT molecular complexity index is 311. The van der Waals surface area contributed by atoms with Gasteiger partial charge in [-0.15, -0.1) is 0 Å². The summed E-state index contributed by atoms with van der Waals surface area (Å²) in [7, 11) is 0. The third kappa shape index (κ3) is 3.54. The summed E-state index contributed by atoms with van der Waals surface area (Å²) in [6, 6.07) is 3.50. The molecule has 0 aliphatic carbocycles.